The van der Waals surface area contributed by atoms with Gasteiger partial charge in [-0.1, -0.05) is 91.7 Å². The molecule has 3 aromatic heterocycles. The molecule has 0 saturated carbocycles. The summed E-state index contributed by atoms with van der Waals surface area (Å²) in [5, 5.41) is 6.84. The number of imidazole rings is 1. The van der Waals surface area contributed by atoms with Crippen LogP contribution in [0.3, 0.4) is 0 Å². The van der Waals surface area contributed by atoms with Crippen molar-refractivity contribution in [2.45, 2.75) is 31.8 Å². The van der Waals surface area contributed by atoms with Gasteiger partial charge in [-0.05, 0) is 88.0 Å². The van der Waals surface area contributed by atoms with Crippen LogP contribution in [-0.4, -0.2) is 26.5 Å². The number of nitrogens with zero attached hydrogens (tertiary/aromatic N) is 5. The molecule has 325 valence electrons. The number of rotatable bonds is 12. The van der Waals surface area contributed by atoms with Crippen LogP contribution in [0.1, 0.15) is 34.0 Å². The summed E-state index contributed by atoms with van der Waals surface area (Å²) in [6, 6.07) is 64.4. The van der Waals surface area contributed by atoms with Crippen molar-refractivity contribution in [2.75, 3.05) is 7.05 Å². The van der Waals surface area contributed by atoms with E-state index in [4.69, 9.17) is 9.40 Å². The molecule has 7 heteroatoms. The predicted molar refractivity (Wildman–Crippen MR) is 263 cm³/mol. The second-order valence-electron chi connectivity index (χ2n) is 16.9. The summed E-state index contributed by atoms with van der Waals surface area (Å²) in [7, 11) is 4.06. The molecule has 0 aliphatic carbocycles. The van der Waals surface area contributed by atoms with E-state index in [1.807, 2.05) is 67.9 Å². The van der Waals surface area contributed by atoms with E-state index in [1.165, 1.54) is 33.4 Å². The summed E-state index contributed by atoms with van der Waals surface area (Å²) in [5.74, 6) is 0.920. The van der Waals surface area contributed by atoms with Gasteiger partial charge in [-0.25, -0.2) is 0 Å². The van der Waals surface area contributed by atoms with Gasteiger partial charge in [0.25, 0.3) is 0 Å². The SMILES string of the molecule is CN1C=C[N-]C1c1[c-]cc(CCc2cc(CCc3c[c-]c(-c4nccn4C)cc3)cc(-c3ccccc3-c3ccc(-c4[c-]ccc(-c5ccc6c(c5)oc5ccccc56)c4)nc3)c2)cc1.[Ir]. The Hall–Kier alpha value is -7.31. The molecule has 0 saturated heterocycles. The van der Waals surface area contributed by atoms with Crippen LogP contribution in [0.25, 0.3) is 83.3 Å². The van der Waals surface area contributed by atoms with Crippen LogP contribution >= 0.6 is 0 Å². The number of fused-ring (bicyclic) bond motifs is 3. The zero-order valence-corrected chi connectivity index (χ0v) is 39.1. The molecule has 1 atom stereocenters. The molecule has 1 radical (unpaired) electrons. The molecule has 4 heterocycles. The molecular weight excluding hydrogens is 987 g/mol. The topological polar surface area (TPSA) is 61.2 Å². The first kappa shape index (κ1) is 42.6. The van der Waals surface area contributed by atoms with E-state index >= 15 is 0 Å². The van der Waals surface area contributed by atoms with Crippen molar-refractivity contribution < 1.29 is 24.5 Å². The van der Waals surface area contributed by atoms with Crippen molar-refractivity contribution in [3.8, 4) is 56.0 Å². The molecule has 10 aromatic rings. The Morgan fingerprint density at radius 1 is 0.591 bits per heavy atom. The third kappa shape index (κ3) is 8.76. The second kappa shape index (κ2) is 18.7. The quantitative estimate of drug-likeness (QED) is 0.114. The first-order valence-electron chi connectivity index (χ1n) is 22.2. The molecule has 1 unspecified atom stereocenters. The minimum atomic E-state index is -0.00106. The van der Waals surface area contributed by atoms with Crippen LogP contribution in [0.4, 0.5) is 0 Å². The van der Waals surface area contributed by atoms with Crippen molar-refractivity contribution in [3.63, 3.8) is 0 Å². The number of para-hydroxylation sites is 1. The third-order valence-corrected chi connectivity index (χ3v) is 12.6. The Balaban J connectivity index is 0.00000511. The van der Waals surface area contributed by atoms with Gasteiger partial charge in [0.15, 0.2) is 0 Å². The fourth-order valence-corrected chi connectivity index (χ4v) is 9.06. The Morgan fingerprint density at radius 3 is 2.00 bits per heavy atom. The molecule has 11 rings (SSSR count). The Kier molecular flexibility index (Phi) is 12.0. The molecular formula is C59H45IrN5O-4. The van der Waals surface area contributed by atoms with E-state index in [0.29, 0.717) is 0 Å². The summed E-state index contributed by atoms with van der Waals surface area (Å²) in [4.78, 5) is 11.6. The second-order valence-corrected chi connectivity index (χ2v) is 16.9. The molecule has 0 fully saturated rings. The van der Waals surface area contributed by atoms with Crippen LogP contribution in [0.2, 0.25) is 0 Å². The maximum atomic E-state index is 6.21. The fourth-order valence-electron chi connectivity index (χ4n) is 9.06. The summed E-state index contributed by atoms with van der Waals surface area (Å²) < 4.78 is 8.23. The van der Waals surface area contributed by atoms with Crippen molar-refractivity contribution in [1.82, 2.24) is 19.4 Å². The fraction of sp³-hybridized carbons (Fsp3) is 0.119. The Morgan fingerprint density at radius 2 is 1.30 bits per heavy atom. The van der Waals surface area contributed by atoms with Gasteiger partial charge in [0, 0.05) is 63.6 Å². The van der Waals surface area contributed by atoms with Gasteiger partial charge in [0.2, 0.25) is 0 Å². The maximum absolute atomic E-state index is 6.21. The van der Waals surface area contributed by atoms with Crippen LogP contribution < -0.4 is 0 Å². The largest absolute Gasteiger partial charge is 0.668 e. The van der Waals surface area contributed by atoms with Crippen LogP contribution in [-0.2, 0) is 52.8 Å². The summed E-state index contributed by atoms with van der Waals surface area (Å²) in [6.07, 6.45) is 13.3. The summed E-state index contributed by atoms with van der Waals surface area (Å²) >= 11 is 0. The minimum absolute atomic E-state index is 0. The zero-order valence-electron chi connectivity index (χ0n) is 36.7. The van der Waals surface area contributed by atoms with E-state index in [1.54, 1.807) is 0 Å². The molecule has 0 bridgehead atoms. The Bertz CT molecular complexity index is 3330. The molecule has 1 aliphatic rings. The first-order valence-corrected chi connectivity index (χ1v) is 22.2. The van der Waals surface area contributed by atoms with Gasteiger partial charge in [0.05, 0.1) is 5.82 Å². The van der Waals surface area contributed by atoms with Gasteiger partial charge in [-0.15, -0.1) is 70.8 Å². The normalized spacial score (nSPS) is 13.3. The molecule has 6 nitrogen and oxygen atoms in total. The van der Waals surface area contributed by atoms with Crippen molar-refractivity contribution in [3.05, 3.63) is 234 Å². The standard InChI is InChI=1S/C59H45N5O.Ir/c1-63-32-30-60-58(63)44-22-18-40(19-23-44)14-16-42-34-43(17-15-41-20-24-45(25-21-41)59-61-31-33-64(59)2)36-50(35-42)52-11-4-3-10-51(52)49-27-29-55(62-39-49)48-9-7-8-46(37-48)47-26-28-54-53-12-5-6-13-56(53)65-57(54)38-47;/h3-8,10-13,18-22,24,26-39,58H,14-17H2,1-2H3;/q-4;. The molecule has 0 amide bonds. The van der Waals surface area contributed by atoms with E-state index < -0.39 is 0 Å². The number of pyridine rings is 1. The Labute approximate surface area is 399 Å². The molecule has 1 aliphatic heterocycles. The van der Waals surface area contributed by atoms with Gasteiger partial charge in [-0.3, -0.25) is 4.98 Å². The van der Waals surface area contributed by atoms with Crippen LogP contribution in [0.15, 0.2) is 187 Å². The van der Waals surface area contributed by atoms with E-state index in [2.05, 4.69) is 167 Å². The monoisotopic (exact) mass is 1030 g/mol. The van der Waals surface area contributed by atoms with Crippen LogP contribution in [0, 0.1) is 18.2 Å². The van der Waals surface area contributed by atoms with Gasteiger partial charge < -0.3 is 24.2 Å². The number of benzene rings is 7. The van der Waals surface area contributed by atoms with E-state index in [0.717, 1.165) is 98.1 Å². The number of furan rings is 1. The van der Waals surface area contributed by atoms with Gasteiger partial charge in [-0.2, -0.15) is 41.6 Å². The van der Waals surface area contributed by atoms with E-state index in [9.17, 15) is 0 Å². The third-order valence-electron chi connectivity index (χ3n) is 12.6. The van der Waals surface area contributed by atoms with Crippen molar-refractivity contribution >= 4 is 21.9 Å². The van der Waals surface area contributed by atoms with Gasteiger partial charge in [0.1, 0.15) is 11.2 Å². The summed E-state index contributed by atoms with van der Waals surface area (Å²) in [6.45, 7) is 0. The van der Waals surface area contributed by atoms with Gasteiger partial charge >= 0.3 is 0 Å². The first-order chi connectivity index (χ1) is 32.0. The molecule has 0 spiro atoms. The van der Waals surface area contributed by atoms with Crippen LogP contribution in [0.5, 0.6) is 0 Å². The molecule has 0 N–H and O–H groups in total. The average Bonchev–Trinajstić information content (AvgIpc) is 4.10. The van der Waals surface area contributed by atoms with Crippen molar-refractivity contribution in [1.29, 1.82) is 0 Å². The minimum Gasteiger partial charge on any atom is -0.668 e. The van der Waals surface area contributed by atoms with E-state index in [-0.39, 0.29) is 26.3 Å². The van der Waals surface area contributed by atoms with Crippen molar-refractivity contribution in [2.24, 2.45) is 7.05 Å². The number of aromatic nitrogens is 3. The zero-order chi connectivity index (χ0) is 43.7. The summed E-state index contributed by atoms with van der Waals surface area (Å²) in [5.41, 5.74) is 17.6. The number of hydrogen-bond donors (Lipinski definition) is 0. The number of aryl methyl sites for hydroxylation is 5. The molecule has 7 aromatic carbocycles. The average molecular weight is 1030 g/mol. The number of hydrogen-bond acceptors (Lipinski definition) is 4. The smallest absolute Gasteiger partial charge is 0.135 e. The molecule has 66 heavy (non-hydrogen) atoms. The maximum Gasteiger partial charge on any atom is 0.135 e. The predicted octanol–water partition coefficient (Wildman–Crippen LogP) is 13.8.